The van der Waals surface area contributed by atoms with E-state index in [2.05, 4.69) is 29.6 Å². The van der Waals surface area contributed by atoms with Crippen molar-refractivity contribution in [3.8, 4) is 22.6 Å². The summed E-state index contributed by atoms with van der Waals surface area (Å²) >= 11 is 13.4. The molecule has 0 fully saturated rings. The van der Waals surface area contributed by atoms with Crippen LogP contribution in [0.1, 0.15) is 64.0 Å². The molecule has 1 aliphatic carbocycles. The highest BCUT2D eigenvalue weighted by molar-refractivity contribution is 6.19. The fourth-order valence-corrected chi connectivity index (χ4v) is 11.4. The minimum absolute atomic E-state index is 0.0694. The standard InChI is InChI=1S/C60H51Cl2N3O6/c61-31-40-33-64(52-29-54(69-35-38-15-3-1-4-16-38)47-23-11-13-25-49(47)58(40)52)56(66)27-42(63-60(68)71-37-51-45-21-9-7-19-43(45)44-20-8-10-22-46(44)51)28-57(67)65-34-41(32-62)59-50-26-14-12-24-48(50)55(30-53(59)65)70-36-39-17-5-2-6-18-39/h1-26,29-30,40-42,51H,27-28,31-37H2,(H,63,68). The maximum atomic E-state index is 15.0. The molecular weight excluding hydrogens is 930 g/mol. The van der Waals surface area contributed by atoms with Gasteiger partial charge in [-0.3, -0.25) is 9.59 Å². The molecule has 0 saturated carbocycles. The van der Waals surface area contributed by atoms with E-state index in [1.54, 1.807) is 9.80 Å². The summed E-state index contributed by atoms with van der Waals surface area (Å²) in [6.45, 7) is 1.40. The molecule has 0 bridgehead atoms. The van der Waals surface area contributed by atoms with Gasteiger partial charge in [0.15, 0.2) is 0 Å². The maximum Gasteiger partial charge on any atom is 0.407 e. The van der Waals surface area contributed by atoms with Crippen LogP contribution in [-0.2, 0) is 27.5 Å². The summed E-state index contributed by atoms with van der Waals surface area (Å²) in [5.41, 5.74) is 9.71. The number of hydrogen-bond acceptors (Lipinski definition) is 6. The monoisotopic (exact) mass is 979 g/mol. The van der Waals surface area contributed by atoms with E-state index in [-0.39, 0.29) is 60.8 Å². The molecule has 11 heteroatoms. The molecular formula is C60H51Cl2N3O6. The van der Waals surface area contributed by atoms with Crippen molar-refractivity contribution in [2.45, 2.75) is 49.9 Å². The van der Waals surface area contributed by atoms with Gasteiger partial charge in [0.25, 0.3) is 0 Å². The van der Waals surface area contributed by atoms with Gasteiger partial charge in [-0.2, -0.15) is 0 Å². The van der Waals surface area contributed by atoms with E-state index in [0.717, 1.165) is 66.1 Å². The lowest BCUT2D eigenvalue weighted by Crippen LogP contribution is -2.44. The number of carbonyl (C=O) groups is 3. The SMILES string of the molecule is O=C(NC(CC(=O)N1CC(CCl)c2c1cc(OCc1ccccc1)c1ccccc21)CC(=O)N1CC(CCl)c2c1cc(OCc1ccccc1)c1ccccc21)OCC1c2ccccc2-c2ccccc21. The first kappa shape index (κ1) is 46.1. The van der Waals surface area contributed by atoms with Gasteiger partial charge < -0.3 is 29.3 Å². The van der Waals surface area contributed by atoms with Crippen molar-refractivity contribution in [3.05, 3.63) is 203 Å². The first-order valence-electron chi connectivity index (χ1n) is 24.2. The first-order chi connectivity index (χ1) is 34.9. The Balaban J connectivity index is 0.901. The number of anilines is 2. The van der Waals surface area contributed by atoms with Gasteiger partial charge in [0.2, 0.25) is 11.8 Å². The van der Waals surface area contributed by atoms with Crippen molar-refractivity contribution in [1.29, 1.82) is 0 Å². The Bertz CT molecular complexity index is 3090. The van der Waals surface area contributed by atoms with Crippen molar-refractivity contribution >= 4 is 74.0 Å². The molecule has 3 aliphatic rings. The Hall–Kier alpha value is -7.33. The number of benzene rings is 8. The van der Waals surface area contributed by atoms with Crippen molar-refractivity contribution in [2.75, 3.05) is 41.3 Å². The van der Waals surface area contributed by atoms with E-state index in [4.69, 9.17) is 37.4 Å². The van der Waals surface area contributed by atoms with Crippen LogP contribution in [-0.4, -0.2) is 55.4 Å². The second kappa shape index (κ2) is 20.2. The summed E-state index contributed by atoms with van der Waals surface area (Å²) in [5.74, 6) is 0.784. The second-order valence-electron chi connectivity index (χ2n) is 18.5. The lowest BCUT2D eigenvalue weighted by atomic mass is 9.95. The van der Waals surface area contributed by atoms with E-state index in [1.807, 2.05) is 146 Å². The third-order valence-corrected chi connectivity index (χ3v) is 15.0. The molecule has 2 unspecified atom stereocenters. The molecule has 2 aliphatic heterocycles. The van der Waals surface area contributed by atoms with Crippen LogP contribution in [0, 0.1) is 0 Å². The minimum atomic E-state index is -0.953. The Morgan fingerprint density at radius 1 is 0.535 bits per heavy atom. The summed E-state index contributed by atoms with van der Waals surface area (Å²) in [4.78, 5) is 47.6. The highest BCUT2D eigenvalue weighted by Gasteiger charge is 2.39. The second-order valence-corrected chi connectivity index (χ2v) is 19.2. The summed E-state index contributed by atoms with van der Waals surface area (Å²) in [7, 11) is 0. The van der Waals surface area contributed by atoms with Crippen LogP contribution in [0.25, 0.3) is 32.7 Å². The average Bonchev–Trinajstić information content (AvgIpc) is 4.09. The molecule has 8 aromatic carbocycles. The third-order valence-electron chi connectivity index (χ3n) is 14.2. The van der Waals surface area contributed by atoms with Crippen molar-refractivity contribution in [2.24, 2.45) is 0 Å². The van der Waals surface area contributed by atoms with Crippen LogP contribution in [0.15, 0.2) is 170 Å². The molecule has 2 atom stereocenters. The number of nitrogens with one attached hydrogen (secondary N) is 1. The van der Waals surface area contributed by atoms with Crippen molar-refractivity contribution in [3.63, 3.8) is 0 Å². The summed E-state index contributed by atoms with van der Waals surface area (Å²) in [6, 6.07) is 55.1. The number of fused-ring (bicyclic) bond motifs is 9. The van der Waals surface area contributed by atoms with Gasteiger partial charge >= 0.3 is 6.09 Å². The molecule has 3 amide bonds. The normalized spacial score (nSPS) is 16.0. The molecule has 0 radical (unpaired) electrons. The largest absolute Gasteiger partial charge is 0.488 e. The molecule has 0 aromatic heterocycles. The van der Waals surface area contributed by atoms with Crippen molar-refractivity contribution in [1.82, 2.24) is 5.32 Å². The molecule has 356 valence electrons. The van der Waals surface area contributed by atoms with Crippen molar-refractivity contribution < 1.29 is 28.6 Å². The van der Waals surface area contributed by atoms with Gasteiger partial charge in [0, 0.05) is 84.4 Å². The van der Waals surface area contributed by atoms with Crippen LogP contribution >= 0.6 is 23.2 Å². The Labute approximate surface area is 422 Å². The number of halogens is 2. The highest BCUT2D eigenvalue weighted by atomic mass is 35.5. The molecule has 2 heterocycles. The summed E-state index contributed by atoms with van der Waals surface area (Å²) < 4.78 is 19.0. The molecule has 11 rings (SSSR count). The van der Waals surface area contributed by atoms with E-state index < -0.39 is 12.1 Å². The van der Waals surface area contributed by atoms with E-state index >= 15 is 9.59 Å². The zero-order chi connectivity index (χ0) is 48.4. The number of alkyl halides is 2. The lowest BCUT2D eigenvalue weighted by Gasteiger charge is -2.26. The molecule has 8 aromatic rings. The fourth-order valence-electron chi connectivity index (χ4n) is 10.9. The van der Waals surface area contributed by atoms with Gasteiger partial charge in [-0.25, -0.2) is 4.79 Å². The van der Waals surface area contributed by atoms with Crippen LogP contribution in [0.2, 0.25) is 0 Å². The number of carbonyl (C=O) groups excluding carboxylic acids is 3. The average molecular weight is 981 g/mol. The Kier molecular flexibility index (Phi) is 13.1. The van der Waals surface area contributed by atoms with Crippen LogP contribution in [0.4, 0.5) is 16.2 Å². The van der Waals surface area contributed by atoms with Gasteiger partial charge in [-0.1, -0.05) is 158 Å². The summed E-state index contributed by atoms with van der Waals surface area (Å²) in [6.07, 6.45) is -1.11. The van der Waals surface area contributed by atoms with Gasteiger partial charge in [0.05, 0.1) is 11.4 Å². The zero-order valence-corrected chi connectivity index (χ0v) is 40.5. The van der Waals surface area contributed by atoms with E-state index in [1.165, 1.54) is 0 Å². The van der Waals surface area contributed by atoms with Gasteiger partial charge in [-0.05, 0) is 55.3 Å². The zero-order valence-electron chi connectivity index (χ0n) is 38.9. The number of ether oxygens (including phenoxy) is 3. The predicted octanol–water partition coefficient (Wildman–Crippen LogP) is 12.9. The van der Waals surface area contributed by atoms with Crippen LogP contribution in [0.3, 0.4) is 0 Å². The van der Waals surface area contributed by atoms with Crippen LogP contribution in [0.5, 0.6) is 11.5 Å². The molecule has 1 N–H and O–H groups in total. The predicted molar refractivity (Wildman–Crippen MR) is 282 cm³/mol. The van der Waals surface area contributed by atoms with Crippen LogP contribution < -0.4 is 24.6 Å². The fraction of sp³-hybridized carbons (Fsp3) is 0.217. The Morgan fingerprint density at radius 2 is 0.944 bits per heavy atom. The molecule has 9 nitrogen and oxygen atoms in total. The number of nitrogens with zero attached hydrogens (tertiary/aromatic N) is 2. The molecule has 0 spiro atoms. The number of alkyl carbamates (subject to hydrolysis) is 1. The maximum absolute atomic E-state index is 15.0. The topological polar surface area (TPSA) is 97.4 Å². The minimum Gasteiger partial charge on any atom is -0.488 e. The first-order valence-corrected chi connectivity index (χ1v) is 25.2. The third kappa shape index (κ3) is 9.05. The smallest absolute Gasteiger partial charge is 0.407 e. The van der Waals surface area contributed by atoms with Gasteiger partial charge in [0.1, 0.15) is 31.3 Å². The van der Waals surface area contributed by atoms with E-state index in [9.17, 15) is 4.79 Å². The van der Waals surface area contributed by atoms with Gasteiger partial charge in [-0.15, -0.1) is 23.2 Å². The Morgan fingerprint density at radius 3 is 1.39 bits per heavy atom. The quantitative estimate of drug-likeness (QED) is 0.103. The molecule has 71 heavy (non-hydrogen) atoms. The summed E-state index contributed by atoms with van der Waals surface area (Å²) in [5, 5.41) is 6.76. The lowest BCUT2D eigenvalue weighted by molar-refractivity contribution is -0.120. The van der Waals surface area contributed by atoms with E-state index in [0.29, 0.717) is 49.2 Å². The molecule has 0 saturated heterocycles. The highest BCUT2D eigenvalue weighted by Crippen LogP contribution is 2.48. The number of rotatable bonds is 15. The number of hydrogen-bond donors (Lipinski definition) is 1. The number of amides is 3.